The summed E-state index contributed by atoms with van der Waals surface area (Å²) in [6.07, 6.45) is 0. The average Bonchev–Trinajstić information content (AvgIpc) is 2.45. The van der Waals surface area contributed by atoms with Crippen LogP contribution in [0.5, 0.6) is 0 Å². The number of benzene rings is 2. The van der Waals surface area contributed by atoms with E-state index < -0.39 is 0 Å². The van der Waals surface area contributed by atoms with Gasteiger partial charge in [-0.05, 0) is 42.7 Å². The molecule has 1 N–H and O–H groups in total. The Balaban J connectivity index is 2.23. The molecule has 21 heavy (non-hydrogen) atoms. The smallest absolute Gasteiger partial charge is 0.0438 e. The highest BCUT2D eigenvalue weighted by atomic mass is 15.1. The van der Waals surface area contributed by atoms with Gasteiger partial charge in [-0.25, -0.2) is 0 Å². The largest absolute Gasteiger partial charge is 0.344 e. The molecule has 0 aromatic heterocycles. The van der Waals surface area contributed by atoms with Gasteiger partial charge in [0.05, 0.1) is 0 Å². The van der Waals surface area contributed by atoms with Crippen molar-refractivity contribution in [1.29, 1.82) is 0 Å². The first-order chi connectivity index (χ1) is 9.99. The molecule has 0 amide bonds. The molecule has 0 aliphatic rings. The summed E-state index contributed by atoms with van der Waals surface area (Å²) in [4.78, 5) is 2.27. The Hall–Kier alpha value is -1.80. The monoisotopic (exact) mass is 282 g/mol. The SMILES string of the molecule is Cc1ccccc1N(C)c1ccc(CNC(C)C)cc1C. The minimum atomic E-state index is 0.514. The van der Waals surface area contributed by atoms with Gasteiger partial charge in [-0.3, -0.25) is 0 Å². The van der Waals surface area contributed by atoms with E-state index in [0.717, 1.165) is 6.54 Å². The molecule has 2 nitrogen and oxygen atoms in total. The van der Waals surface area contributed by atoms with E-state index in [1.54, 1.807) is 0 Å². The first-order valence-electron chi connectivity index (χ1n) is 7.61. The van der Waals surface area contributed by atoms with E-state index in [9.17, 15) is 0 Å². The minimum Gasteiger partial charge on any atom is -0.344 e. The van der Waals surface area contributed by atoms with Crippen LogP contribution in [0.15, 0.2) is 42.5 Å². The topological polar surface area (TPSA) is 15.3 Å². The van der Waals surface area contributed by atoms with E-state index in [4.69, 9.17) is 0 Å². The zero-order valence-electron chi connectivity index (χ0n) is 13.8. The number of rotatable bonds is 5. The molecule has 0 fully saturated rings. The second kappa shape index (κ2) is 6.77. The number of nitrogens with one attached hydrogen (secondary N) is 1. The van der Waals surface area contributed by atoms with Gasteiger partial charge in [-0.2, -0.15) is 0 Å². The van der Waals surface area contributed by atoms with Gasteiger partial charge in [0.1, 0.15) is 0 Å². The normalized spacial score (nSPS) is 11.0. The fourth-order valence-corrected chi connectivity index (χ4v) is 2.60. The van der Waals surface area contributed by atoms with Crippen LogP contribution in [-0.2, 0) is 6.54 Å². The second-order valence-corrected chi connectivity index (χ2v) is 6.00. The van der Waals surface area contributed by atoms with Crippen LogP contribution in [0.25, 0.3) is 0 Å². The van der Waals surface area contributed by atoms with Crippen LogP contribution in [0, 0.1) is 13.8 Å². The molecule has 2 heteroatoms. The number of nitrogens with zero attached hydrogens (tertiary/aromatic N) is 1. The predicted molar refractivity (Wildman–Crippen MR) is 92.4 cm³/mol. The maximum Gasteiger partial charge on any atom is 0.0438 e. The van der Waals surface area contributed by atoms with Crippen LogP contribution < -0.4 is 10.2 Å². The maximum atomic E-state index is 3.46. The van der Waals surface area contributed by atoms with Crippen molar-refractivity contribution in [2.45, 2.75) is 40.3 Å². The Labute approximate surface area is 128 Å². The Morgan fingerprint density at radius 2 is 1.62 bits per heavy atom. The first kappa shape index (κ1) is 15.6. The van der Waals surface area contributed by atoms with Crippen LogP contribution in [0.4, 0.5) is 11.4 Å². The highest BCUT2D eigenvalue weighted by Crippen LogP contribution is 2.29. The van der Waals surface area contributed by atoms with Crippen molar-refractivity contribution in [3.05, 3.63) is 59.2 Å². The molecule has 112 valence electrons. The van der Waals surface area contributed by atoms with Crippen LogP contribution in [0.2, 0.25) is 0 Å². The van der Waals surface area contributed by atoms with Gasteiger partial charge in [-0.15, -0.1) is 0 Å². The minimum absolute atomic E-state index is 0.514. The average molecular weight is 282 g/mol. The molecule has 0 radical (unpaired) electrons. The molecule has 0 saturated carbocycles. The molecule has 0 heterocycles. The van der Waals surface area contributed by atoms with Gasteiger partial charge >= 0.3 is 0 Å². The van der Waals surface area contributed by atoms with E-state index in [1.807, 2.05) is 0 Å². The van der Waals surface area contributed by atoms with Crippen molar-refractivity contribution in [1.82, 2.24) is 5.32 Å². The second-order valence-electron chi connectivity index (χ2n) is 6.00. The molecule has 0 spiro atoms. The van der Waals surface area contributed by atoms with E-state index >= 15 is 0 Å². The van der Waals surface area contributed by atoms with Crippen molar-refractivity contribution in [3.8, 4) is 0 Å². The van der Waals surface area contributed by atoms with E-state index in [0.29, 0.717) is 6.04 Å². The third kappa shape index (κ3) is 3.85. The predicted octanol–water partition coefficient (Wildman–Crippen LogP) is 4.57. The highest BCUT2D eigenvalue weighted by Gasteiger charge is 2.09. The lowest BCUT2D eigenvalue weighted by atomic mass is 10.1. The Kier molecular flexibility index (Phi) is 5.03. The van der Waals surface area contributed by atoms with Crippen LogP contribution in [0.3, 0.4) is 0 Å². The lowest BCUT2D eigenvalue weighted by Crippen LogP contribution is -2.22. The molecule has 2 rings (SSSR count). The van der Waals surface area contributed by atoms with Crippen LogP contribution in [-0.4, -0.2) is 13.1 Å². The molecule has 2 aromatic rings. The molecule has 0 atom stereocenters. The highest BCUT2D eigenvalue weighted by molar-refractivity contribution is 5.68. The number of hydrogen-bond acceptors (Lipinski definition) is 2. The summed E-state index contributed by atoms with van der Waals surface area (Å²) in [6.45, 7) is 9.61. The number of para-hydroxylation sites is 1. The summed E-state index contributed by atoms with van der Waals surface area (Å²) in [5.41, 5.74) is 6.46. The van der Waals surface area contributed by atoms with Crippen molar-refractivity contribution in [2.24, 2.45) is 0 Å². The molecule has 0 unspecified atom stereocenters. The number of hydrogen-bond donors (Lipinski definition) is 1. The fraction of sp³-hybridized carbons (Fsp3) is 0.368. The fourth-order valence-electron chi connectivity index (χ4n) is 2.60. The zero-order valence-corrected chi connectivity index (χ0v) is 13.8. The summed E-state index contributed by atoms with van der Waals surface area (Å²) in [5, 5.41) is 3.46. The van der Waals surface area contributed by atoms with Crippen molar-refractivity contribution in [2.75, 3.05) is 11.9 Å². The number of aryl methyl sites for hydroxylation is 2. The summed E-state index contributed by atoms with van der Waals surface area (Å²) < 4.78 is 0. The molecule has 0 bridgehead atoms. The molecule has 2 aromatic carbocycles. The van der Waals surface area contributed by atoms with E-state index in [1.165, 1.54) is 28.1 Å². The third-order valence-corrected chi connectivity index (χ3v) is 3.81. The molecular weight excluding hydrogens is 256 g/mol. The summed E-state index contributed by atoms with van der Waals surface area (Å²) in [5.74, 6) is 0. The first-order valence-corrected chi connectivity index (χ1v) is 7.61. The van der Waals surface area contributed by atoms with Crippen molar-refractivity contribution in [3.63, 3.8) is 0 Å². The van der Waals surface area contributed by atoms with Crippen LogP contribution in [0.1, 0.15) is 30.5 Å². The summed E-state index contributed by atoms with van der Waals surface area (Å²) >= 11 is 0. The van der Waals surface area contributed by atoms with Gasteiger partial charge < -0.3 is 10.2 Å². The van der Waals surface area contributed by atoms with Crippen LogP contribution >= 0.6 is 0 Å². The molecule has 0 aliphatic carbocycles. The summed E-state index contributed by atoms with van der Waals surface area (Å²) in [7, 11) is 2.14. The number of anilines is 2. The van der Waals surface area contributed by atoms with Gasteiger partial charge in [-0.1, -0.05) is 44.2 Å². The maximum absolute atomic E-state index is 3.46. The van der Waals surface area contributed by atoms with Crippen molar-refractivity contribution < 1.29 is 0 Å². The summed E-state index contributed by atoms with van der Waals surface area (Å²) in [6, 6.07) is 15.7. The Morgan fingerprint density at radius 3 is 2.24 bits per heavy atom. The zero-order chi connectivity index (χ0) is 15.4. The lowest BCUT2D eigenvalue weighted by molar-refractivity contribution is 0.588. The lowest BCUT2D eigenvalue weighted by Gasteiger charge is -2.24. The van der Waals surface area contributed by atoms with E-state index in [2.05, 4.69) is 87.4 Å². The molecular formula is C19H26N2. The third-order valence-electron chi connectivity index (χ3n) is 3.81. The van der Waals surface area contributed by atoms with Gasteiger partial charge in [0, 0.05) is 31.0 Å². The Bertz CT molecular complexity index is 602. The quantitative estimate of drug-likeness (QED) is 0.864. The molecule has 0 saturated heterocycles. The van der Waals surface area contributed by atoms with Crippen molar-refractivity contribution >= 4 is 11.4 Å². The van der Waals surface area contributed by atoms with E-state index in [-0.39, 0.29) is 0 Å². The Morgan fingerprint density at radius 1 is 0.952 bits per heavy atom. The standard InChI is InChI=1S/C19H26N2/c1-14(2)20-13-17-10-11-19(16(4)12-17)21(5)18-9-7-6-8-15(18)3/h6-12,14,20H,13H2,1-5H3. The van der Waals surface area contributed by atoms with Gasteiger partial charge in [0.25, 0.3) is 0 Å². The van der Waals surface area contributed by atoms with Gasteiger partial charge in [0.15, 0.2) is 0 Å². The molecule has 0 aliphatic heterocycles. The van der Waals surface area contributed by atoms with Gasteiger partial charge in [0.2, 0.25) is 0 Å².